The van der Waals surface area contributed by atoms with Crippen molar-refractivity contribution in [2.75, 3.05) is 6.54 Å². The molecule has 1 aromatic carbocycles. The molecule has 0 aliphatic heterocycles. The molecule has 6 heteroatoms. The highest BCUT2D eigenvalue weighted by Gasteiger charge is 2.03. The van der Waals surface area contributed by atoms with Gasteiger partial charge in [-0.15, -0.1) is 0 Å². The third kappa shape index (κ3) is 5.62. The van der Waals surface area contributed by atoms with Gasteiger partial charge in [0.2, 0.25) is 5.91 Å². The molecule has 23 heavy (non-hydrogen) atoms. The molecule has 2 amide bonds. The average Bonchev–Trinajstić information content (AvgIpc) is 3.10. The van der Waals surface area contributed by atoms with Gasteiger partial charge in [-0.1, -0.05) is 30.3 Å². The van der Waals surface area contributed by atoms with Gasteiger partial charge in [0.15, 0.2) is 0 Å². The maximum Gasteiger partial charge on any atom is 0.259 e. The van der Waals surface area contributed by atoms with Crippen molar-refractivity contribution in [3.63, 3.8) is 0 Å². The van der Waals surface area contributed by atoms with Gasteiger partial charge >= 0.3 is 0 Å². The second-order valence-electron chi connectivity index (χ2n) is 4.66. The highest BCUT2D eigenvalue weighted by Crippen LogP contribution is 2.01. The predicted molar refractivity (Wildman–Crippen MR) is 87.5 cm³/mol. The van der Waals surface area contributed by atoms with Crippen molar-refractivity contribution < 1.29 is 14.0 Å². The molecule has 0 fully saturated rings. The summed E-state index contributed by atoms with van der Waals surface area (Å²) in [6, 6.07) is 12.9. The Morgan fingerprint density at radius 1 is 1.17 bits per heavy atom. The highest BCUT2D eigenvalue weighted by molar-refractivity contribution is 5.99. The van der Waals surface area contributed by atoms with Gasteiger partial charge in [0.25, 0.3) is 5.91 Å². The van der Waals surface area contributed by atoms with Crippen LogP contribution < -0.4 is 10.7 Å². The molecular formula is C17H17N3O3. The third-order valence-corrected chi connectivity index (χ3v) is 2.91. The molecule has 0 spiro atoms. The minimum absolute atomic E-state index is 0.160. The van der Waals surface area contributed by atoms with Crippen molar-refractivity contribution in [1.29, 1.82) is 0 Å². The van der Waals surface area contributed by atoms with Gasteiger partial charge in [0, 0.05) is 6.08 Å². The van der Waals surface area contributed by atoms with E-state index in [0.29, 0.717) is 11.5 Å². The summed E-state index contributed by atoms with van der Waals surface area (Å²) in [5.41, 5.74) is 4.00. The smallest absolute Gasteiger partial charge is 0.259 e. The van der Waals surface area contributed by atoms with Crippen LogP contribution in [0.4, 0.5) is 0 Å². The number of benzene rings is 1. The van der Waals surface area contributed by atoms with Crippen molar-refractivity contribution in [3.8, 4) is 0 Å². The summed E-state index contributed by atoms with van der Waals surface area (Å²) in [7, 11) is 0. The van der Waals surface area contributed by atoms with Gasteiger partial charge in [-0.25, -0.2) is 5.43 Å². The summed E-state index contributed by atoms with van der Waals surface area (Å²) in [5.74, 6) is -0.229. The molecule has 0 unspecified atom stereocenters. The van der Waals surface area contributed by atoms with E-state index in [-0.39, 0.29) is 12.5 Å². The summed E-state index contributed by atoms with van der Waals surface area (Å²) < 4.78 is 5.05. The largest absolute Gasteiger partial charge is 0.465 e. The topological polar surface area (TPSA) is 83.7 Å². The van der Waals surface area contributed by atoms with Crippen LogP contribution >= 0.6 is 0 Å². The molecule has 0 saturated carbocycles. The van der Waals surface area contributed by atoms with Crippen LogP contribution in [0.5, 0.6) is 0 Å². The van der Waals surface area contributed by atoms with Crippen LogP contribution in [0.15, 0.2) is 64.3 Å². The molecule has 6 nitrogen and oxygen atoms in total. The fourth-order valence-electron chi connectivity index (χ4n) is 1.70. The zero-order valence-electron chi connectivity index (χ0n) is 12.7. The number of hydrogen-bond acceptors (Lipinski definition) is 4. The van der Waals surface area contributed by atoms with E-state index in [4.69, 9.17) is 4.42 Å². The number of hydrogen-bond donors (Lipinski definition) is 2. The molecule has 0 radical (unpaired) electrons. The first-order chi connectivity index (χ1) is 11.1. The summed E-state index contributed by atoms with van der Waals surface area (Å²) >= 11 is 0. The molecule has 2 aromatic rings. The van der Waals surface area contributed by atoms with E-state index in [0.717, 1.165) is 5.56 Å². The van der Waals surface area contributed by atoms with E-state index in [1.807, 2.05) is 30.3 Å². The molecule has 0 aliphatic carbocycles. The molecule has 0 aliphatic rings. The monoisotopic (exact) mass is 311 g/mol. The molecular weight excluding hydrogens is 294 g/mol. The zero-order valence-corrected chi connectivity index (χ0v) is 12.7. The van der Waals surface area contributed by atoms with E-state index in [2.05, 4.69) is 15.8 Å². The first-order valence-corrected chi connectivity index (χ1v) is 7.03. The Morgan fingerprint density at radius 2 is 1.96 bits per heavy atom. The van der Waals surface area contributed by atoms with Crippen LogP contribution in [-0.2, 0) is 9.59 Å². The number of hydrazone groups is 1. The Labute approximate surface area is 133 Å². The SMILES string of the molecule is C/C(=N/NC(=O)CNC(=O)/C=C/c1ccco1)c1ccccc1. The second-order valence-corrected chi connectivity index (χ2v) is 4.66. The fraction of sp³-hybridized carbons (Fsp3) is 0.118. The highest BCUT2D eigenvalue weighted by atomic mass is 16.3. The number of carbonyl (C=O) groups is 2. The number of furan rings is 1. The lowest BCUT2D eigenvalue weighted by Crippen LogP contribution is -2.34. The zero-order chi connectivity index (χ0) is 16.5. The van der Waals surface area contributed by atoms with Gasteiger partial charge < -0.3 is 9.73 Å². The maximum atomic E-state index is 11.6. The molecule has 0 atom stereocenters. The van der Waals surface area contributed by atoms with Crippen molar-refractivity contribution in [1.82, 2.24) is 10.7 Å². The number of nitrogens with zero attached hydrogens (tertiary/aromatic N) is 1. The van der Waals surface area contributed by atoms with Gasteiger partial charge in [-0.05, 0) is 30.7 Å². The minimum atomic E-state index is -0.403. The molecule has 2 N–H and O–H groups in total. The average molecular weight is 311 g/mol. The van der Waals surface area contributed by atoms with E-state index in [9.17, 15) is 9.59 Å². The van der Waals surface area contributed by atoms with E-state index in [1.165, 1.54) is 18.4 Å². The fourth-order valence-corrected chi connectivity index (χ4v) is 1.70. The normalized spacial score (nSPS) is 11.4. The molecule has 2 rings (SSSR count). The summed E-state index contributed by atoms with van der Waals surface area (Å²) in [4.78, 5) is 23.2. The summed E-state index contributed by atoms with van der Waals surface area (Å²) in [5, 5.41) is 6.45. The first-order valence-electron chi connectivity index (χ1n) is 7.03. The van der Waals surface area contributed by atoms with Crippen molar-refractivity contribution in [2.24, 2.45) is 5.10 Å². The lowest BCUT2D eigenvalue weighted by molar-refractivity contribution is -0.123. The number of rotatable bonds is 6. The second kappa shape index (κ2) is 8.33. The lowest BCUT2D eigenvalue weighted by atomic mass is 10.1. The van der Waals surface area contributed by atoms with Crippen LogP contribution in [0.1, 0.15) is 18.2 Å². The van der Waals surface area contributed by atoms with Crippen molar-refractivity contribution in [3.05, 3.63) is 66.1 Å². The van der Waals surface area contributed by atoms with Gasteiger partial charge in [-0.3, -0.25) is 9.59 Å². The third-order valence-electron chi connectivity index (χ3n) is 2.91. The maximum absolute atomic E-state index is 11.6. The Bertz CT molecular complexity index is 704. The predicted octanol–water partition coefficient (Wildman–Crippen LogP) is 1.95. The van der Waals surface area contributed by atoms with Crippen LogP contribution in [0.25, 0.3) is 6.08 Å². The molecule has 1 heterocycles. The summed E-state index contributed by atoms with van der Waals surface area (Å²) in [6.45, 7) is 1.63. The molecule has 0 bridgehead atoms. The van der Waals surface area contributed by atoms with Crippen LogP contribution in [0.2, 0.25) is 0 Å². The standard InChI is InChI=1S/C17H17N3O3/c1-13(14-6-3-2-4-7-14)19-20-17(22)12-18-16(21)10-9-15-8-5-11-23-15/h2-11H,12H2,1H3,(H,18,21)(H,20,22)/b10-9+,19-13-. The van der Waals surface area contributed by atoms with E-state index >= 15 is 0 Å². The van der Waals surface area contributed by atoms with E-state index < -0.39 is 5.91 Å². The van der Waals surface area contributed by atoms with Crippen LogP contribution in [0, 0.1) is 0 Å². The quantitative estimate of drug-likeness (QED) is 0.486. The Hall–Kier alpha value is -3.15. The van der Waals surface area contributed by atoms with Gasteiger partial charge in [0.1, 0.15) is 5.76 Å². The van der Waals surface area contributed by atoms with E-state index in [1.54, 1.807) is 19.1 Å². The Kier molecular flexibility index (Phi) is 5.88. The van der Waals surface area contributed by atoms with Crippen molar-refractivity contribution >= 4 is 23.6 Å². The Balaban J connectivity index is 1.75. The molecule has 0 saturated heterocycles. The number of carbonyl (C=O) groups excluding carboxylic acids is 2. The molecule has 118 valence electrons. The first kappa shape index (κ1) is 16.2. The minimum Gasteiger partial charge on any atom is -0.465 e. The molecule has 1 aromatic heterocycles. The summed E-state index contributed by atoms with van der Waals surface area (Å²) in [6.07, 6.45) is 4.33. The number of amides is 2. The van der Waals surface area contributed by atoms with Gasteiger partial charge in [0.05, 0.1) is 18.5 Å². The van der Waals surface area contributed by atoms with Crippen LogP contribution in [-0.4, -0.2) is 24.1 Å². The van der Waals surface area contributed by atoms with Crippen LogP contribution in [0.3, 0.4) is 0 Å². The van der Waals surface area contributed by atoms with Gasteiger partial charge in [-0.2, -0.15) is 5.10 Å². The van der Waals surface area contributed by atoms with Crippen molar-refractivity contribution in [2.45, 2.75) is 6.92 Å². The number of nitrogens with one attached hydrogen (secondary N) is 2. The lowest BCUT2D eigenvalue weighted by Gasteiger charge is -2.03. The Morgan fingerprint density at radius 3 is 2.65 bits per heavy atom.